The van der Waals surface area contributed by atoms with Gasteiger partial charge in [-0.25, -0.2) is 4.98 Å². The molecule has 0 bridgehead atoms. The van der Waals surface area contributed by atoms with E-state index in [1.807, 2.05) is 18.2 Å². The Kier molecular flexibility index (Phi) is 2.55. The van der Waals surface area contributed by atoms with Crippen LogP contribution in [-0.2, 0) is 13.0 Å². The van der Waals surface area contributed by atoms with E-state index in [0.29, 0.717) is 0 Å². The Morgan fingerprint density at radius 3 is 2.83 bits per heavy atom. The van der Waals surface area contributed by atoms with Gasteiger partial charge in [-0.3, -0.25) is 0 Å². The minimum atomic E-state index is 0.0962. The van der Waals surface area contributed by atoms with Crippen LogP contribution < -0.4 is 5.73 Å². The van der Waals surface area contributed by atoms with Crippen LogP contribution in [0.2, 0.25) is 0 Å². The molecule has 1 heterocycles. The molecule has 1 saturated carbocycles. The van der Waals surface area contributed by atoms with Gasteiger partial charge in [0.1, 0.15) is 5.82 Å². The lowest BCUT2D eigenvalue weighted by Gasteiger charge is -2.15. The highest BCUT2D eigenvalue weighted by molar-refractivity contribution is 5.79. The number of fused-ring (bicyclic) bond motifs is 1. The van der Waals surface area contributed by atoms with E-state index < -0.39 is 0 Å². The van der Waals surface area contributed by atoms with Gasteiger partial charge in [0.2, 0.25) is 0 Å². The van der Waals surface area contributed by atoms with E-state index in [0.717, 1.165) is 48.4 Å². The fourth-order valence-corrected chi connectivity index (χ4v) is 2.52. The van der Waals surface area contributed by atoms with Crippen LogP contribution in [0.3, 0.4) is 0 Å². The molecule has 0 saturated heterocycles. The molecule has 1 aliphatic carbocycles. The van der Waals surface area contributed by atoms with Crippen LogP contribution in [0, 0.1) is 5.41 Å². The van der Waals surface area contributed by atoms with Crippen molar-refractivity contribution in [2.24, 2.45) is 5.41 Å². The molecule has 3 rings (SSSR count). The molecule has 0 spiro atoms. The number of hydrogen-bond donors (Lipinski definition) is 2. The number of nitrogens with zero attached hydrogens (tertiary/aromatic N) is 2. The normalized spacial score (nSPS) is 17.2. The van der Waals surface area contributed by atoms with Gasteiger partial charge in [-0.1, -0.05) is 6.92 Å². The lowest BCUT2D eigenvalue weighted by atomic mass is 10.1. The number of anilines is 1. The van der Waals surface area contributed by atoms with Crippen LogP contribution in [0.15, 0.2) is 18.2 Å². The summed E-state index contributed by atoms with van der Waals surface area (Å²) in [4.78, 5) is 4.64. The van der Waals surface area contributed by atoms with E-state index in [9.17, 15) is 5.11 Å². The Morgan fingerprint density at radius 1 is 1.44 bits per heavy atom. The highest BCUT2D eigenvalue weighted by Crippen LogP contribution is 2.47. The molecule has 0 unspecified atom stereocenters. The van der Waals surface area contributed by atoms with Crippen molar-refractivity contribution in [1.82, 2.24) is 9.55 Å². The molecule has 1 aliphatic rings. The van der Waals surface area contributed by atoms with Crippen LogP contribution >= 0.6 is 0 Å². The van der Waals surface area contributed by atoms with Crippen molar-refractivity contribution in [3.63, 3.8) is 0 Å². The first-order valence-electron chi connectivity index (χ1n) is 6.53. The van der Waals surface area contributed by atoms with Crippen LogP contribution in [0.5, 0.6) is 0 Å². The molecule has 3 N–H and O–H groups in total. The van der Waals surface area contributed by atoms with Crippen molar-refractivity contribution < 1.29 is 5.11 Å². The highest BCUT2D eigenvalue weighted by Gasteiger charge is 2.42. The smallest absolute Gasteiger partial charge is 0.109 e. The van der Waals surface area contributed by atoms with E-state index in [4.69, 9.17) is 5.73 Å². The molecule has 0 aliphatic heterocycles. The second-order valence-corrected chi connectivity index (χ2v) is 5.37. The first-order valence-corrected chi connectivity index (χ1v) is 6.53. The number of rotatable bonds is 4. The SMILES string of the molecule is CCc1nc2cc(N)ccc2n1CC1(CO)CC1. The van der Waals surface area contributed by atoms with Crippen molar-refractivity contribution in [1.29, 1.82) is 0 Å². The molecule has 0 atom stereocenters. The van der Waals surface area contributed by atoms with Gasteiger partial charge in [0.05, 0.1) is 17.6 Å². The summed E-state index contributed by atoms with van der Waals surface area (Å²) < 4.78 is 2.25. The number of aromatic nitrogens is 2. The zero-order valence-electron chi connectivity index (χ0n) is 10.7. The lowest BCUT2D eigenvalue weighted by Crippen LogP contribution is -2.17. The first kappa shape index (κ1) is 11.5. The fraction of sp³-hybridized carbons (Fsp3) is 0.500. The van der Waals surface area contributed by atoms with E-state index in [1.54, 1.807) is 0 Å². The van der Waals surface area contributed by atoms with Gasteiger partial charge >= 0.3 is 0 Å². The van der Waals surface area contributed by atoms with Crippen LogP contribution in [-0.4, -0.2) is 21.3 Å². The van der Waals surface area contributed by atoms with Gasteiger partial charge in [-0.05, 0) is 31.0 Å². The number of aryl methyl sites for hydroxylation is 1. The van der Waals surface area contributed by atoms with Crippen molar-refractivity contribution in [3.8, 4) is 0 Å². The summed E-state index contributed by atoms with van der Waals surface area (Å²) in [5, 5.41) is 9.48. The number of aliphatic hydroxyl groups is 1. The minimum Gasteiger partial charge on any atom is -0.399 e. The molecule has 1 fully saturated rings. The van der Waals surface area contributed by atoms with Crippen LogP contribution in [0.25, 0.3) is 11.0 Å². The van der Waals surface area contributed by atoms with E-state index >= 15 is 0 Å². The zero-order valence-corrected chi connectivity index (χ0v) is 10.7. The Labute approximate surface area is 106 Å². The van der Waals surface area contributed by atoms with Crippen molar-refractivity contribution in [2.45, 2.75) is 32.7 Å². The second-order valence-electron chi connectivity index (χ2n) is 5.37. The number of nitrogen functional groups attached to an aromatic ring is 1. The molecular weight excluding hydrogens is 226 g/mol. The average molecular weight is 245 g/mol. The maximum Gasteiger partial charge on any atom is 0.109 e. The average Bonchev–Trinajstić information content (AvgIpc) is 3.07. The number of hydrogen-bond acceptors (Lipinski definition) is 3. The minimum absolute atomic E-state index is 0.0962. The molecular formula is C14H19N3O. The first-order chi connectivity index (χ1) is 8.67. The maximum atomic E-state index is 9.48. The van der Waals surface area contributed by atoms with Crippen LogP contribution in [0.4, 0.5) is 5.69 Å². The molecule has 0 radical (unpaired) electrons. The summed E-state index contributed by atoms with van der Waals surface area (Å²) >= 11 is 0. The van der Waals surface area contributed by atoms with Gasteiger partial charge in [0, 0.05) is 24.1 Å². The lowest BCUT2D eigenvalue weighted by molar-refractivity contribution is 0.195. The molecule has 4 nitrogen and oxygen atoms in total. The predicted octanol–water partition coefficient (Wildman–Crippen LogP) is 1.95. The third kappa shape index (κ3) is 1.77. The molecule has 0 amide bonds. The third-order valence-corrected chi connectivity index (χ3v) is 3.95. The Hall–Kier alpha value is -1.55. The van der Waals surface area contributed by atoms with Gasteiger partial charge in [-0.15, -0.1) is 0 Å². The Morgan fingerprint density at radius 2 is 2.22 bits per heavy atom. The maximum absolute atomic E-state index is 9.48. The number of aliphatic hydroxyl groups excluding tert-OH is 1. The van der Waals surface area contributed by atoms with E-state index in [1.165, 1.54) is 0 Å². The molecule has 96 valence electrons. The molecule has 2 aromatic rings. The Balaban J connectivity index is 2.08. The molecule has 1 aromatic carbocycles. The fourth-order valence-electron chi connectivity index (χ4n) is 2.52. The number of imidazole rings is 1. The summed E-state index contributed by atoms with van der Waals surface area (Å²) in [5.41, 5.74) is 8.73. The topological polar surface area (TPSA) is 64.1 Å². The second kappa shape index (κ2) is 3.99. The van der Waals surface area contributed by atoms with E-state index in [2.05, 4.69) is 16.5 Å². The summed E-state index contributed by atoms with van der Waals surface area (Å²) in [6.45, 7) is 3.25. The third-order valence-electron chi connectivity index (χ3n) is 3.95. The zero-order chi connectivity index (χ0) is 12.8. The molecule has 18 heavy (non-hydrogen) atoms. The van der Waals surface area contributed by atoms with Gasteiger partial charge in [0.25, 0.3) is 0 Å². The van der Waals surface area contributed by atoms with Crippen molar-refractivity contribution in [2.75, 3.05) is 12.3 Å². The van der Waals surface area contributed by atoms with Gasteiger partial charge in [-0.2, -0.15) is 0 Å². The van der Waals surface area contributed by atoms with Crippen molar-refractivity contribution >= 4 is 16.7 Å². The molecule has 4 heteroatoms. The predicted molar refractivity (Wildman–Crippen MR) is 72.3 cm³/mol. The van der Waals surface area contributed by atoms with Crippen LogP contribution in [0.1, 0.15) is 25.6 Å². The number of benzene rings is 1. The van der Waals surface area contributed by atoms with Gasteiger partial charge in [0.15, 0.2) is 0 Å². The quantitative estimate of drug-likeness (QED) is 0.809. The summed E-state index contributed by atoms with van der Waals surface area (Å²) in [7, 11) is 0. The number of nitrogens with two attached hydrogens (primary N) is 1. The molecule has 1 aromatic heterocycles. The standard InChI is InChI=1S/C14H19N3O/c1-2-13-16-11-7-10(15)3-4-12(11)17(13)8-14(9-18)5-6-14/h3-4,7,18H,2,5-6,8-9,15H2,1H3. The summed E-state index contributed by atoms with van der Waals surface area (Å²) in [6, 6.07) is 5.87. The highest BCUT2D eigenvalue weighted by atomic mass is 16.3. The van der Waals surface area contributed by atoms with E-state index in [-0.39, 0.29) is 12.0 Å². The summed E-state index contributed by atoms with van der Waals surface area (Å²) in [6.07, 6.45) is 3.12. The van der Waals surface area contributed by atoms with Crippen molar-refractivity contribution in [3.05, 3.63) is 24.0 Å². The largest absolute Gasteiger partial charge is 0.399 e. The van der Waals surface area contributed by atoms with Gasteiger partial charge < -0.3 is 15.4 Å². The Bertz CT molecular complexity index is 584. The summed E-state index contributed by atoms with van der Waals surface area (Å²) in [5.74, 6) is 1.08. The monoisotopic (exact) mass is 245 g/mol.